The van der Waals surface area contributed by atoms with E-state index in [1.165, 1.54) is 11.6 Å². The number of rotatable bonds is 12. The first kappa shape index (κ1) is 32.9. The number of hydrogen-bond acceptors (Lipinski definition) is 4. The van der Waals surface area contributed by atoms with E-state index in [2.05, 4.69) is 22.8 Å². The molecule has 0 spiro atoms. The van der Waals surface area contributed by atoms with E-state index in [4.69, 9.17) is 0 Å². The molecule has 1 heterocycles. The normalized spacial score (nSPS) is 16.2. The average Bonchev–Trinajstić information content (AvgIpc) is 3.52. The van der Waals surface area contributed by atoms with Crippen molar-refractivity contribution < 1.29 is 27.9 Å². The van der Waals surface area contributed by atoms with Gasteiger partial charge >= 0.3 is 6.18 Å². The molecule has 2 amide bonds. The van der Waals surface area contributed by atoms with Gasteiger partial charge in [0.2, 0.25) is 0 Å². The summed E-state index contributed by atoms with van der Waals surface area (Å²) in [5.74, 6) is -0.553. The molecular weight excluding hydrogens is 591 g/mol. The highest BCUT2D eigenvalue weighted by molar-refractivity contribution is 6.00. The van der Waals surface area contributed by atoms with Crippen molar-refractivity contribution in [3.8, 4) is 0 Å². The van der Waals surface area contributed by atoms with Crippen LogP contribution < -0.4 is 10.6 Å². The summed E-state index contributed by atoms with van der Waals surface area (Å²) in [4.78, 5) is 29.0. The van der Waals surface area contributed by atoms with E-state index in [0.29, 0.717) is 29.7 Å². The number of likely N-dealkylation sites (tertiary alicyclic amines) is 1. The fraction of sp³-hybridized carbons (Fsp3) is 0.297. The summed E-state index contributed by atoms with van der Waals surface area (Å²) >= 11 is 0. The summed E-state index contributed by atoms with van der Waals surface area (Å²) in [6, 6.07) is 30.5. The van der Waals surface area contributed by atoms with Gasteiger partial charge in [0.1, 0.15) is 0 Å². The number of aliphatic hydroxyl groups excluding tert-OH is 1. The van der Waals surface area contributed by atoms with E-state index in [-0.39, 0.29) is 25.0 Å². The maximum Gasteiger partial charge on any atom is 0.416 e. The Bertz CT molecular complexity index is 1600. The summed E-state index contributed by atoms with van der Waals surface area (Å²) in [6.45, 7) is 0.800. The highest BCUT2D eigenvalue weighted by Crippen LogP contribution is 2.29. The first-order valence-electron chi connectivity index (χ1n) is 15.5. The van der Waals surface area contributed by atoms with Gasteiger partial charge in [-0.15, -0.1) is 0 Å². The monoisotopic (exact) mass is 629 g/mol. The van der Waals surface area contributed by atoms with Gasteiger partial charge < -0.3 is 20.6 Å². The molecule has 3 N–H and O–H groups in total. The van der Waals surface area contributed by atoms with Crippen LogP contribution in [0, 0.1) is 0 Å². The molecule has 4 aromatic carbocycles. The molecule has 0 aromatic heterocycles. The first-order chi connectivity index (χ1) is 22.2. The topological polar surface area (TPSA) is 81.7 Å². The Balaban J connectivity index is 1.25. The summed E-state index contributed by atoms with van der Waals surface area (Å²) in [6.07, 6.45) is -2.56. The number of aliphatic hydroxyl groups is 1. The zero-order valence-electron chi connectivity index (χ0n) is 25.4. The van der Waals surface area contributed by atoms with E-state index in [1.54, 1.807) is 30.3 Å². The molecule has 240 valence electrons. The summed E-state index contributed by atoms with van der Waals surface area (Å²) < 4.78 is 39.3. The Morgan fingerprint density at radius 3 is 2.20 bits per heavy atom. The van der Waals surface area contributed by atoms with Crippen LogP contribution in [0.2, 0.25) is 0 Å². The van der Waals surface area contributed by atoms with Gasteiger partial charge in [-0.2, -0.15) is 13.2 Å². The molecule has 0 aliphatic carbocycles. The van der Waals surface area contributed by atoms with Crippen molar-refractivity contribution in [2.75, 3.05) is 13.1 Å². The van der Waals surface area contributed by atoms with Crippen molar-refractivity contribution in [1.82, 2.24) is 15.5 Å². The van der Waals surface area contributed by atoms with Gasteiger partial charge in [0, 0.05) is 36.8 Å². The molecule has 46 heavy (non-hydrogen) atoms. The van der Waals surface area contributed by atoms with Crippen LogP contribution in [0.15, 0.2) is 109 Å². The van der Waals surface area contributed by atoms with Crippen LogP contribution in [0.25, 0.3) is 0 Å². The van der Waals surface area contributed by atoms with Crippen LogP contribution in [0.5, 0.6) is 0 Å². The lowest BCUT2D eigenvalue weighted by molar-refractivity contribution is -0.137. The van der Waals surface area contributed by atoms with Gasteiger partial charge in [0.15, 0.2) is 0 Å². The number of amides is 2. The highest BCUT2D eigenvalue weighted by Gasteiger charge is 2.31. The van der Waals surface area contributed by atoms with Crippen molar-refractivity contribution in [1.29, 1.82) is 0 Å². The second kappa shape index (κ2) is 15.2. The van der Waals surface area contributed by atoms with Crippen molar-refractivity contribution in [2.24, 2.45) is 0 Å². The number of benzene rings is 4. The van der Waals surface area contributed by atoms with Gasteiger partial charge in [-0.05, 0) is 66.6 Å². The van der Waals surface area contributed by atoms with E-state index in [1.807, 2.05) is 53.4 Å². The summed E-state index contributed by atoms with van der Waals surface area (Å²) in [5, 5.41) is 17.1. The Morgan fingerprint density at radius 1 is 0.826 bits per heavy atom. The van der Waals surface area contributed by atoms with E-state index in [0.717, 1.165) is 37.0 Å². The number of halogens is 3. The highest BCUT2D eigenvalue weighted by atomic mass is 19.4. The SMILES string of the molecule is O=C(N[C@@H](Cc1ccccc1)[C@@H](O)CNCc1cccc(C(F)(F)F)c1)c1cccc(C(=O)N2CCC[C@H]2Cc2ccccc2)c1. The van der Waals surface area contributed by atoms with E-state index >= 15 is 0 Å². The fourth-order valence-corrected chi connectivity index (χ4v) is 5.93. The van der Waals surface area contributed by atoms with Crippen LogP contribution >= 0.6 is 0 Å². The Hall–Kier alpha value is -4.47. The minimum atomic E-state index is -4.44. The van der Waals surface area contributed by atoms with Crippen LogP contribution in [0.4, 0.5) is 13.2 Å². The first-order valence-corrected chi connectivity index (χ1v) is 15.5. The van der Waals surface area contributed by atoms with Crippen molar-refractivity contribution in [3.05, 3.63) is 143 Å². The largest absolute Gasteiger partial charge is 0.416 e. The Labute approximate surface area is 267 Å². The maximum atomic E-state index is 13.6. The third-order valence-electron chi connectivity index (χ3n) is 8.34. The van der Waals surface area contributed by atoms with Crippen LogP contribution in [0.3, 0.4) is 0 Å². The molecule has 1 saturated heterocycles. The number of nitrogens with one attached hydrogen (secondary N) is 2. The number of hydrogen-bond donors (Lipinski definition) is 3. The molecule has 1 aliphatic heterocycles. The fourth-order valence-electron chi connectivity index (χ4n) is 5.93. The van der Waals surface area contributed by atoms with Crippen LogP contribution in [-0.4, -0.2) is 53.1 Å². The van der Waals surface area contributed by atoms with Crippen molar-refractivity contribution >= 4 is 11.8 Å². The van der Waals surface area contributed by atoms with Crippen LogP contribution in [0.1, 0.15) is 55.8 Å². The number of carbonyl (C=O) groups excluding carboxylic acids is 2. The molecule has 4 aromatic rings. The lowest BCUT2D eigenvalue weighted by Gasteiger charge is -2.26. The molecule has 0 saturated carbocycles. The number of alkyl halides is 3. The van der Waals surface area contributed by atoms with Crippen molar-refractivity contribution in [3.63, 3.8) is 0 Å². The standard InChI is InChI=1S/C37H38F3N3O3/c38-37(39,40)31-17-7-14-28(20-31)24-41-25-34(44)33(22-27-12-5-2-6-13-27)42-35(45)29-15-8-16-30(23-29)36(46)43-19-9-18-32(43)21-26-10-3-1-4-11-26/h1-8,10-17,20,23,32-34,41,44H,9,18-19,21-22,24-25H2,(H,42,45)/t32-,33-,34-/m0/s1. The van der Waals surface area contributed by atoms with Gasteiger partial charge in [0.05, 0.1) is 17.7 Å². The molecule has 1 fully saturated rings. The lowest BCUT2D eigenvalue weighted by Crippen LogP contribution is -2.48. The Kier molecular flexibility index (Phi) is 10.9. The van der Waals surface area contributed by atoms with Gasteiger partial charge in [-0.25, -0.2) is 0 Å². The van der Waals surface area contributed by atoms with E-state index in [9.17, 15) is 27.9 Å². The second-order valence-electron chi connectivity index (χ2n) is 11.7. The number of nitrogens with zero attached hydrogens (tertiary/aromatic N) is 1. The number of carbonyl (C=O) groups is 2. The van der Waals surface area contributed by atoms with Gasteiger partial charge in [-0.3, -0.25) is 9.59 Å². The predicted octanol–water partition coefficient (Wildman–Crippen LogP) is 6.04. The molecule has 0 unspecified atom stereocenters. The van der Waals surface area contributed by atoms with Crippen LogP contribution in [-0.2, 0) is 25.6 Å². The minimum absolute atomic E-state index is 0.0321. The summed E-state index contributed by atoms with van der Waals surface area (Å²) in [5.41, 5.74) is 2.48. The second-order valence-corrected chi connectivity index (χ2v) is 11.7. The molecule has 1 aliphatic rings. The van der Waals surface area contributed by atoms with Crippen molar-refractivity contribution in [2.45, 2.75) is 56.6 Å². The average molecular weight is 630 g/mol. The maximum absolute atomic E-state index is 13.6. The zero-order chi connectivity index (χ0) is 32.5. The molecule has 6 nitrogen and oxygen atoms in total. The van der Waals surface area contributed by atoms with Gasteiger partial charge in [-0.1, -0.05) is 84.9 Å². The lowest BCUT2D eigenvalue weighted by atomic mass is 10.00. The van der Waals surface area contributed by atoms with Gasteiger partial charge in [0.25, 0.3) is 11.8 Å². The Morgan fingerprint density at radius 2 is 1.48 bits per heavy atom. The minimum Gasteiger partial charge on any atom is -0.390 e. The molecular formula is C37H38F3N3O3. The smallest absolute Gasteiger partial charge is 0.390 e. The third kappa shape index (κ3) is 8.83. The third-order valence-corrected chi connectivity index (χ3v) is 8.34. The predicted molar refractivity (Wildman–Crippen MR) is 171 cm³/mol. The molecule has 9 heteroatoms. The molecule has 0 bridgehead atoms. The molecule has 3 atom stereocenters. The van der Waals surface area contributed by atoms with E-state index < -0.39 is 29.8 Å². The quantitative estimate of drug-likeness (QED) is 0.178. The summed E-state index contributed by atoms with van der Waals surface area (Å²) in [7, 11) is 0. The zero-order valence-corrected chi connectivity index (χ0v) is 25.4. The molecule has 0 radical (unpaired) electrons. The molecule has 5 rings (SSSR count).